The molecule has 4 aromatic rings. The highest BCUT2D eigenvalue weighted by molar-refractivity contribution is 4.98. The Kier molecular flexibility index (Phi) is 27.1. The first kappa shape index (κ1) is 65.1. The third kappa shape index (κ3) is 20.0. The first-order valence-electron chi connectivity index (χ1n) is 23.7. The summed E-state index contributed by atoms with van der Waals surface area (Å²) in [6, 6.07) is 0. The lowest BCUT2D eigenvalue weighted by Gasteiger charge is -2.33. The predicted octanol–water partition coefficient (Wildman–Crippen LogP) is -13.1. The zero-order valence-electron chi connectivity index (χ0n) is 41.3. The van der Waals surface area contributed by atoms with E-state index in [0.29, 0.717) is 0 Å². The van der Waals surface area contributed by atoms with Crippen molar-refractivity contribution in [3.63, 3.8) is 0 Å². The molecule has 4 aromatic heterocycles. The summed E-state index contributed by atoms with van der Waals surface area (Å²) in [5.41, 5.74) is -0.464. The Morgan fingerprint density at radius 2 is 0.494 bits per heavy atom. The molecule has 0 unspecified atom stereocenters. The summed E-state index contributed by atoms with van der Waals surface area (Å²) in [6.07, 6.45) is -23.1. The molecule has 36 nitrogen and oxygen atoms in total. The molecular weight excluding hydrogens is 1040 g/mol. The molecule has 0 radical (unpaired) electrons. The Morgan fingerprint density at radius 1 is 0.312 bits per heavy atom. The maximum atomic E-state index is 10.3. The van der Waals surface area contributed by atoms with E-state index in [0.717, 1.165) is 0 Å². The van der Waals surface area contributed by atoms with Crippen molar-refractivity contribution in [2.24, 2.45) is 5.41 Å². The molecule has 0 aliphatic heterocycles. The Morgan fingerprint density at radius 3 is 0.675 bits per heavy atom. The van der Waals surface area contributed by atoms with E-state index in [1.807, 2.05) is 0 Å². The molecule has 20 N–H and O–H groups in total. The van der Waals surface area contributed by atoms with Crippen molar-refractivity contribution in [2.45, 2.75) is 150 Å². The maximum Gasteiger partial charge on any atom is 0.111 e. The van der Waals surface area contributed by atoms with Gasteiger partial charge in [0.05, 0.1) is 130 Å². The molecule has 16 atom stereocenters. The highest BCUT2D eigenvalue weighted by Crippen LogP contribution is 2.28. The van der Waals surface area contributed by atoms with Gasteiger partial charge in [0.25, 0.3) is 0 Å². The fourth-order valence-electron chi connectivity index (χ4n) is 7.39. The van der Waals surface area contributed by atoms with E-state index in [4.69, 9.17) is 39.4 Å². The number of aromatic nitrogens is 12. The first-order valence-corrected chi connectivity index (χ1v) is 23.7. The van der Waals surface area contributed by atoms with Crippen molar-refractivity contribution in [1.29, 1.82) is 0 Å². The van der Waals surface area contributed by atoms with E-state index in [9.17, 15) is 81.7 Å². The largest absolute Gasteiger partial charge is 0.394 e. The van der Waals surface area contributed by atoms with E-state index in [2.05, 4.69) is 41.2 Å². The minimum atomic E-state index is -1.90. The molecule has 0 saturated carbocycles. The zero-order valence-corrected chi connectivity index (χ0v) is 41.3. The summed E-state index contributed by atoms with van der Waals surface area (Å²) in [7, 11) is 0. The maximum absolute atomic E-state index is 10.3. The minimum absolute atomic E-state index is 0.0973. The van der Waals surface area contributed by atoms with Gasteiger partial charge in [-0.3, -0.25) is 18.7 Å². The van der Waals surface area contributed by atoms with Crippen molar-refractivity contribution >= 4 is 0 Å². The van der Waals surface area contributed by atoms with Crippen LogP contribution < -0.4 is 0 Å². The molecule has 4 heterocycles. The second kappa shape index (κ2) is 32.0. The summed E-state index contributed by atoms with van der Waals surface area (Å²) >= 11 is 0. The fourth-order valence-corrected chi connectivity index (χ4v) is 7.39. The van der Waals surface area contributed by atoms with Gasteiger partial charge in [-0.05, 0) is 0 Å². The minimum Gasteiger partial charge on any atom is -0.394 e. The van der Waals surface area contributed by atoms with Gasteiger partial charge < -0.3 is 121 Å². The van der Waals surface area contributed by atoms with Crippen LogP contribution in [0, 0.1) is 5.41 Å². The third-order valence-corrected chi connectivity index (χ3v) is 11.8. The summed E-state index contributed by atoms with van der Waals surface area (Å²) < 4.78 is 27.6. The molecule has 0 aromatic carbocycles. The van der Waals surface area contributed by atoms with E-state index in [-0.39, 0.29) is 75.4 Å². The van der Waals surface area contributed by atoms with Crippen LogP contribution in [-0.2, 0) is 71.6 Å². The normalized spacial score (nSPS) is 18.9. The summed E-state index contributed by atoms with van der Waals surface area (Å²) in [6.45, 7) is -7.37. The molecular formula is C41H72N12O24. The predicted molar refractivity (Wildman–Crippen MR) is 246 cm³/mol. The molecule has 0 bridgehead atoms. The summed E-state index contributed by atoms with van der Waals surface area (Å²) in [5.74, 6) is 0. The van der Waals surface area contributed by atoms with Gasteiger partial charge in [-0.25, -0.2) is 0 Å². The molecule has 4 rings (SSSR count). The van der Waals surface area contributed by atoms with Crippen molar-refractivity contribution in [3.8, 4) is 0 Å². The summed E-state index contributed by atoms with van der Waals surface area (Å²) in [5, 5.41) is 231. The van der Waals surface area contributed by atoms with Gasteiger partial charge in [-0.15, -0.1) is 20.4 Å². The van der Waals surface area contributed by atoms with Gasteiger partial charge >= 0.3 is 0 Å². The van der Waals surface area contributed by atoms with Crippen LogP contribution in [0.25, 0.3) is 0 Å². The van der Waals surface area contributed by atoms with Crippen LogP contribution in [0.2, 0.25) is 0 Å². The molecule has 0 aliphatic carbocycles. The molecule has 0 saturated heterocycles. The zero-order chi connectivity index (χ0) is 57.0. The number of rotatable bonds is 40. The molecule has 0 spiro atoms. The van der Waals surface area contributed by atoms with Gasteiger partial charge in [0, 0.05) is 5.41 Å². The van der Waals surface area contributed by atoms with Gasteiger partial charge in [-0.1, -0.05) is 20.9 Å². The van der Waals surface area contributed by atoms with Gasteiger partial charge in [0.15, 0.2) is 0 Å². The number of nitrogens with zero attached hydrogens (tertiary/aromatic N) is 12. The smallest absolute Gasteiger partial charge is 0.111 e. The lowest BCUT2D eigenvalue weighted by molar-refractivity contribution is -0.130. The highest BCUT2D eigenvalue weighted by Gasteiger charge is 2.37. The molecule has 440 valence electrons. The van der Waals surface area contributed by atoms with Crippen LogP contribution >= 0.6 is 0 Å². The number of aliphatic hydroxyl groups is 20. The Hall–Kier alpha value is -4.40. The second-order valence-corrected chi connectivity index (χ2v) is 18.4. The Labute approximate surface area is 436 Å². The van der Waals surface area contributed by atoms with E-state index in [1.54, 1.807) is 0 Å². The van der Waals surface area contributed by atoms with Crippen LogP contribution in [0.4, 0.5) is 0 Å². The molecule has 0 amide bonds. The SMILES string of the molecule is OC[C@@H](O)[C@H](O)[C@H](O)[C@@H](O)COCc1cn(CC(Cn2cc(COC[C@@H](O)[C@H](O)[C@H](O)[C@@H](O)CO)nn2)(Cn2cc(COC[C@@H](O)[C@H](O)[C@H](O)[C@@H](O)CO)nn2)Cn2cc(COC[C@@H](O)[C@H](O)[C@H](O)[C@@H](O)CO)nn2)nn1. The first-order chi connectivity index (χ1) is 36.5. The van der Waals surface area contributed by atoms with Crippen LogP contribution in [0.1, 0.15) is 22.8 Å². The fraction of sp³-hybridized carbons (Fsp3) is 0.805. The van der Waals surface area contributed by atoms with Crippen molar-refractivity contribution in [1.82, 2.24) is 60.0 Å². The standard InChI is InChI=1S/C41H72N12O24/c54-5-25(58)33(66)37(70)29(62)13-74-9-21-1-50(46-42-21)17-41(18-51-2-22(43-47-51)10-75-14-30(63)38(71)34(67)26(59)6-55,19-52-3-23(44-48-52)11-76-15-31(64)39(72)35(68)27(60)7-56)20-53-4-24(45-49-53)12-77-16-32(65)40(73)36(69)28(61)8-57/h1-4,25-40,54-73H,5-20H2/t25-,26-,27-,28+,29+,30+,31+,32-,33+,34+,35+,36-,37-,38-,39-,40+/m0/s1. The van der Waals surface area contributed by atoms with Gasteiger partial charge in [0.1, 0.15) is 120 Å². The van der Waals surface area contributed by atoms with Crippen LogP contribution in [0.3, 0.4) is 0 Å². The highest BCUT2D eigenvalue weighted by atomic mass is 16.5. The third-order valence-electron chi connectivity index (χ3n) is 11.8. The molecule has 0 fully saturated rings. The Bertz CT molecular complexity index is 1930. The molecule has 0 aliphatic rings. The van der Waals surface area contributed by atoms with Crippen LogP contribution in [0.15, 0.2) is 24.8 Å². The van der Waals surface area contributed by atoms with Crippen molar-refractivity contribution in [2.75, 3.05) is 52.9 Å². The van der Waals surface area contributed by atoms with E-state index < -0.39 is 156 Å². The monoisotopic (exact) mass is 1120 g/mol. The number of hydrogen-bond donors (Lipinski definition) is 20. The van der Waals surface area contributed by atoms with Crippen molar-refractivity contribution < 1.29 is 121 Å². The average Bonchev–Trinajstić information content (AvgIpc) is 4.27. The lowest BCUT2D eigenvalue weighted by atomic mass is 9.87. The second-order valence-electron chi connectivity index (χ2n) is 18.4. The quantitative estimate of drug-likeness (QED) is 0.0197. The van der Waals surface area contributed by atoms with E-state index >= 15 is 0 Å². The number of ether oxygens (including phenoxy) is 4. The average molecular weight is 1120 g/mol. The van der Waals surface area contributed by atoms with Crippen molar-refractivity contribution in [3.05, 3.63) is 47.6 Å². The van der Waals surface area contributed by atoms with E-state index in [1.165, 1.54) is 43.5 Å². The number of aliphatic hydroxyl groups excluding tert-OH is 20. The van der Waals surface area contributed by atoms with Gasteiger partial charge in [-0.2, -0.15) is 0 Å². The summed E-state index contributed by atoms with van der Waals surface area (Å²) in [4.78, 5) is 0. The van der Waals surface area contributed by atoms with Crippen LogP contribution in [-0.4, -0.2) is 313 Å². The van der Waals surface area contributed by atoms with Gasteiger partial charge in [0.2, 0.25) is 0 Å². The number of hydrogen-bond acceptors (Lipinski definition) is 32. The van der Waals surface area contributed by atoms with Crippen LogP contribution in [0.5, 0.6) is 0 Å². The Balaban J connectivity index is 1.64. The molecule has 77 heavy (non-hydrogen) atoms. The topological polar surface area (TPSA) is 564 Å². The lowest BCUT2D eigenvalue weighted by Crippen LogP contribution is -2.47. The molecule has 36 heteroatoms.